The average Bonchev–Trinajstić information content (AvgIpc) is 2.15. The van der Waals surface area contributed by atoms with Crippen LogP contribution in [0, 0.1) is 0 Å². The maximum absolute atomic E-state index is 5.42. The maximum atomic E-state index is 5.42. The fraction of sp³-hybridized carbons (Fsp3) is 0.400. The third-order valence-corrected chi connectivity index (χ3v) is 1.51. The Hall–Kier alpha value is -1.18. The molecule has 1 rings (SSSR count). The molecule has 0 fully saturated rings. The largest absolute Gasteiger partial charge is 0.497 e. The molecule has 0 atom stereocenters. The van der Waals surface area contributed by atoms with Gasteiger partial charge in [-0.05, 0) is 18.6 Å². The molecule has 0 N–H and O–H groups in total. The maximum Gasteiger partial charge on any atom is 0.122 e. The molecule has 0 radical (unpaired) electrons. The zero-order valence-electron chi connectivity index (χ0n) is 7.54. The summed E-state index contributed by atoms with van der Waals surface area (Å²) in [6, 6.07) is 7.64. The highest BCUT2D eigenvalue weighted by molar-refractivity contribution is 5.32. The van der Waals surface area contributed by atoms with E-state index in [9.17, 15) is 0 Å². The normalized spacial score (nSPS) is 9.50. The van der Waals surface area contributed by atoms with Crippen LogP contribution >= 0.6 is 0 Å². The minimum Gasteiger partial charge on any atom is -0.497 e. The minimum absolute atomic E-state index is 0.757. The molecule has 0 aliphatic carbocycles. The first kappa shape index (κ1) is 8.91. The first-order valence-corrected chi connectivity index (χ1v) is 4.13. The van der Waals surface area contributed by atoms with Crippen molar-refractivity contribution >= 4 is 0 Å². The molecule has 2 nitrogen and oxygen atoms in total. The van der Waals surface area contributed by atoms with E-state index in [1.807, 2.05) is 24.3 Å². The van der Waals surface area contributed by atoms with Crippen molar-refractivity contribution in [1.82, 2.24) is 0 Å². The van der Waals surface area contributed by atoms with Gasteiger partial charge >= 0.3 is 0 Å². The van der Waals surface area contributed by atoms with Gasteiger partial charge in [0.15, 0.2) is 0 Å². The van der Waals surface area contributed by atoms with Crippen LogP contribution in [0.4, 0.5) is 0 Å². The summed E-state index contributed by atoms with van der Waals surface area (Å²) in [6.45, 7) is 2.84. The number of hydrogen-bond donors (Lipinski definition) is 0. The Morgan fingerprint density at radius 1 is 1.25 bits per heavy atom. The molecule has 2 heteroatoms. The number of ether oxygens (including phenoxy) is 2. The van der Waals surface area contributed by atoms with Crippen LogP contribution in [0.25, 0.3) is 0 Å². The summed E-state index contributed by atoms with van der Waals surface area (Å²) in [5.74, 6) is 1.71. The molecule has 0 spiro atoms. The molecule has 0 heterocycles. The molecule has 0 aliphatic heterocycles. The van der Waals surface area contributed by atoms with E-state index in [1.165, 1.54) is 0 Å². The lowest BCUT2D eigenvalue weighted by Crippen LogP contribution is -1.94. The predicted molar refractivity (Wildman–Crippen MR) is 48.8 cm³/mol. The van der Waals surface area contributed by atoms with Crippen molar-refractivity contribution in [1.29, 1.82) is 0 Å². The molecule has 0 amide bonds. The first-order chi connectivity index (χ1) is 5.86. The highest BCUT2D eigenvalue weighted by Gasteiger charge is 1.94. The van der Waals surface area contributed by atoms with E-state index >= 15 is 0 Å². The van der Waals surface area contributed by atoms with Crippen molar-refractivity contribution < 1.29 is 9.47 Å². The van der Waals surface area contributed by atoms with Gasteiger partial charge < -0.3 is 9.47 Å². The molecular weight excluding hydrogens is 152 g/mol. The van der Waals surface area contributed by atoms with Crippen molar-refractivity contribution in [3.63, 3.8) is 0 Å². The standard InChI is InChI=1S/C10H14O2/c1-3-7-12-10-6-4-5-9(8-10)11-2/h4-6,8H,3,7H2,1-2H3. The van der Waals surface area contributed by atoms with E-state index in [2.05, 4.69) is 6.92 Å². The van der Waals surface area contributed by atoms with Crippen LogP contribution in [0.2, 0.25) is 0 Å². The average molecular weight is 166 g/mol. The molecule has 12 heavy (non-hydrogen) atoms. The summed E-state index contributed by atoms with van der Waals surface area (Å²) >= 11 is 0. The summed E-state index contributed by atoms with van der Waals surface area (Å²) in [5, 5.41) is 0. The summed E-state index contributed by atoms with van der Waals surface area (Å²) in [5.41, 5.74) is 0. The molecule has 0 aromatic heterocycles. The summed E-state index contributed by atoms with van der Waals surface area (Å²) < 4.78 is 10.5. The van der Waals surface area contributed by atoms with Crippen LogP contribution in [-0.4, -0.2) is 13.7 Å². The lowest BCUT2D eigenvalue weighted by molar-refractivity contribution is 0.314. The van der Waals surface area contributed by atoms with Crippen LogP contribution in [0.5, 0.6) is 11.5 Å². The monoisotopic (exact) mass is 166 g/mol. The second-order valence-electron chi connectivity index (χ2n) is 2.53. The van der Waals surface area contributed by atoms with Crippen LogP contribution < -0.4 is 9.47 Å². The van der Waals surface area contributed by atoms with Gasteiger partial charge in [-0.15, -0.1) is 0 Å². The van der Waals surface area contributed by atoms with Crippen molar-refractivity contribution in [2.45, 2.75) is 13.3 Å². The Bertz CT molecular complexity index is 233. The lowest BCUT2D eigenvalue weighted by atomic mass is 10.3. The van der Waals surface area contributed by atoms with Gasteiger partial charge in [0.25, 0.3) is 0 Å². The molecule has 0 saturated heterocycles. The fourth-order valence-corrected chi connectivity index (χ4v) is 0.911. The quantitative estimate of drug-likeness (QED) is 0.684. The zero-order chi connectivity index (χ0) is 8.81. The Kier molecular flexibility index (Phi) is 3.45. The minimum atomic E-state index is 0.757. The molecule has 0 aliphatic rings. The molecular formula is C10H14O2. The van der Waals surface area contributed by atoms with E-state index in [-0.39, 0.29) is 0 Å². The molecule has 0 bridgehead atoms. The second-order valence-corrected chi connectivity index (χ2v) is 2.53. The molecule has 1 aromatic carbocycles. The highest BCUT2D eigenvalue weighted by Crippen LogP contribution is 2.18. The fourth-order valence-electron chi connectivity index (χ4n) is 0.911. The van der Waals surface area contributed by atoms with Crippen LogP contribution in [-0.2, 0) is 0 Å². The topological polar surface area (TPSA) is 18.5 Å². The van der Waals surface area contributed by atoms with E-state index in [0.29, 0.717) is 0 Å². The molecule has 0 saturated carbocycles. The summed E-state index contributed by atoms with van der Waals surface area (Å²) in [6.07, 6.45) is 1.03. The van der Waals surface area contributed by atoms with E-state index < -0.39 is 0 Å². The lowest BCUT2D eigenvalue weighted by Gasteiger charge is -2.05. The predicted octanol–water partition coefficient (Wildman–Crippen LogP) is 2.48. The zero-order valence-corrected chi connectivity index (χ0v) is 7.54. The van der Waals surface area contributed by atoms with Gasteiger partial charge in [-0.3, -0.25) is 0 Å². The van der Waals surface area contributed by atoms with Crippen molar-refractivity contribution in [3.8, 4) is 11.5 Å². The third kappa shape index (κ3) is 2.46. The number of benzene rings is 1. The Morgan fingerprint density at radius 2 is 2.00 bits per heavy atom. The van der Waals surface area contributed by atoms with Gasteiger partial charge in [0.1, 0.15) is 11.5 Å². The Morgan fingerprint density at radius 3 is 2.67 bits per heavy atom. The second kappa shape index (κ2) is 4.65. The van der Waals surface area contributed by atoms with Gasteiger partial charge in [-0.1, -0.05) is 13.0 Å². The number of rotatable bonds is 4. The van der Waals surface area contributed by atoms with E-state index in [1.54, 1.807) is 7.11 Å². The van der Waals surface area contributed by atoms with Gasteiger partial charge in [0, 0.05) is 6.07 Å². The molecule has 0 unspecified atom stereocenters. The molecule has 1 aromatic rings. The van der Waals surface area contributed by atoms with E-state index in [4.69, 9.17) is 9.47 Å². The third-order valence-electron chi connectivity index (χ3n) is 1.51. The summed E-state index contributed by atoms with van der Waals surface area (Å²) in [7, 11) is 1.65. The number of methoxy groups -OCH3 is 1. The van der Waals surface area contributed by atoms with Crippen molar-refractivity contribution in [2.75, 3.05) is 13.7 Å². The first-order valence-electron chi connectivity index (χ1n) is 4.13. The van der Waals surface area contributed by atoms with Gasteiger partial charge in [-0.25, -0.2) is 0 Å². The Labute approximate surface area is 73.1 Å². The van der Waals surface area contributed by atoms with Crippen LogP contribution in [0.15, 0.2) is 24.3 Å². The van der Waals surface area contributed by atoms with Crippen molar-refractivity contribution in [2.24, 2.45) is 0 Å². The Balaban J connectivity index is 2.60. The smallest absolute Gasteiger partial charge is 0.122 e. The highest BCUT2D eigenvalue weighted by atomic mass is 16.5. The van der Waals surface area contributed by atoms with Crippen molar-refractivity contribution in [3.05, 3.63) is 24.3 Å². The SMILES string of the molecule is CCCOc1cccc(OC)c1. The van der Waals surface area contributed by atoms with Gasteiger partial charge in [-0.2, -0.15) is 0 Å². The van der Waals surface area contributed by atoms with Gasteiger partial charge in [0.05, 0.1) is 13.7 Å². The van der Waals surface area contributed by atoms with Gasteiger partial charge in [0.2, 0.25) is 0 Å². The number of hydrogen-bond acceptors (Lipinski definition) is 2. The van der Waals surface area contributed by atoms with Crippen LogP contribution in [0.1, 0.15) is 13.3 Å². The molecule has 66 valence electrons. The summed E-state index contributed by atoms with van der Waals surface area (Å²) in [4.78, 5) is 0. The van der Waals surface area contributed by atoms with Crippen LogP contribution in [0.3, 0.4) is 0 Å². The van der Waals surface area contributed by atoms with E-state index in [0.717, 1.165) is 24.5 Å².